The van der Waals surface area contributed by atoms with Crippen LogP contribution in [-0.2, 0) is 11.2 Å². The van der Waals surface area contributed by atoms with Crippen molar-refractivity contribution in [3.8, 4) is 0 Å². The average molecular weight is 408 g/mol. The summed E-state index contributed by atoms with van der Waals surface area (Å²) in [6.07, 6.45) is 17.5. The van der Waals surface area contributed by atoms with Crippen molar-refractivity contribution in [2.45, 2.75) is 58.0 Å². The summed E-state index contributed by atoms with van der Waals surface area (Å²) >= 11 is 0. The highest BCUT2D eigenvalue weighted by Crippen LogP contribution is 2.48. The predicted octanol–water partition coefficient (Wildman–Crippen LogP) is 5.24. The number of aliphatic hydroxyl groups excluding tert-OH is 1. The molecule has 1 saturated carbocycles. The van der Waals surface area contributed by atoms with Crippen LogP contribution in [0.1, 0.15) is 49.7 Å². The number of aliphatic hydroxyl groups is 1. The molecule has 2 aliphatic rings. The highest BCUT2D eigenvalue weighted by molar-refractivity contribution is 5.75. The highest BCUT2D eigenvalue weighted by Gasteiger charge is 2.42. The van der Waals surface area contributed by atoms with Gasteiger partial charge in [-0.15, -0.1) is 0 Å². The molecular formula is C27H37NO2. The lowest BCUT2D eigenvalue weighted by Gasteiger charge is -2.18. The zero-order valence-electron chi connectivity index (χ0n) is 18.8. The fraction of sp³-hybridized carbons (Fsp3) is 0.519. The normalized spacial score (nSPS) is 25.8. The van der Waals surface area contributed by atoms with Crippen molar-refractivity contribution in [3.05, 3.63) is 71.3 Å². The molecule has 0 unspecified atom stereocenters. The van der Waals surface area contributed by atoms with E-state index in [-0.39, 0.29) is 17.9 Å². The molecule has 0 aliphatic heterocycles. The molecule has 1 fully saturated rings. The number of nitrogens with zero attached hydrogens (tertiary/aromatic N) is 1. The maximum atomic E-state index is 11.7. The predicted molar refractivity (Wildman–Crippen MR) is 124 cm³/mol. The largest absolute Gasteiger partial charge is 0.392 e. The summed E-state index contributed by atoms with van der Waals surface area (Å²) in [4.78, 5) is 13.4. The summed E-state index contributed by atoms with van der Waals surface area (Å²) in [5.41, 5.74) is 4.16. The summed E-state index contributed by atoms with van der Waals surface area (Å²) < 4.78 is 0. The Bertz CT molecular complexity index is 805. The van der Waals surface area contributed by atoms with E-state index in [0.29, 0.717) is 18.3 Å². The molecule has 0 spiro atoms. The van der Waals surface area contributed by atoms with Gasteiger partial charge in [-0.1, -0.05) is 65.8 Å². The summed E-state index contributed by atoms with van der Waals surface area (Å²) in [6, 6.07) is 8.61. The van der Waals surface area contributed by atoms with Gasteiger partial charge in [-0.3, -0.25) is 4.79 Å². The van der Waals surface area contributed by atoms with Crippen molar-refractivity contribution in [2.75, 3.05) is 14.1 Å². The van der Waals surface area contributed by atoms with E-state index >= 15 is 0 Å². The van der Waals surface area contributed by atoms with Crippen LogP contribution in [0, 0.1) is 24.7 Å². The molecule has 30 heavy (non-hydrogen) atoms. The zero-order chi connectivity index (χ0) is 21.5. The van der Waals surface area contributed by atoms with E-state index in [1.807, 2.05) is 14.1 Å². The van der Waals surface area contributed by atoms with Crippen LogP contribution in [0.25, 0.3) is 0 Å². The van der Waals surface area contributed by atoms with E-state index in [4.69, 9.17) is 0 Å². The van der Waals surface area contributed by atoms with Crippen LogP contribution in [0.15, 0.2) is 60.2 Å². The molecule has 0 radical (unpaired) electrons. The molecule has 0 saturated heterocycles. The molecule has 1 aromatic carbocycles. The summed E-state index contributed by atoms with van der Waals surface area (Å²) in [7, 11) is 3.64. The molecule has 1 N–H and O–H groups in total. The van der Waals surface area contributed by atoms with Gasteiger partial charge in [0.25, 0.3) is 0 Å². The first-order valence-electron chi connectivity index (χ1n) is 11.4. The van der Waals surface area contributed by atoms with Crippen LogP contribution in [0.5, 0.6) is 0 Å². The fourth-order valence-electron chi connectivity index (χ4n) is 4.96. The Kier molecular flexibility index (Phi) is 8.09. The molecule has 2 aliphatic carbocycles. The number of hydrogen-bond donors (Lipinski definition) is 1. The van der Waals surface area contributed by atoms with Gasteiger partial charge in [0.2, 0.25) is 5.91 Å². The first-order valence-corrected chi connectivity index (χ1v) is 11.4. The first kappa shape index (κ1) is 22.6. The van der Waals surface area contributed by atoms with Gasteiger partial charge in [0.05, 0.1) is 6.10 Å². The summed E-state index contributed by atoms with van der Waals surface area (Å²) in [5, 5.41) is 10.5. The Hall–Kier alpha value is -2.13. The molecule has 3 rings (SSSR count). The van der Waals surface area contributed by atoms with Crippen molar-refractivity contribution in [1.82, 2.24) is 4.90 Å². The smallest absolute Gasteiger partial charge is 0.222 e. The Labute approximate surface area is 182 Å². The van der Waals surface area contributed by atoms with Gasteiger partial charge in [0.15, 0.2) is 0 Å². The molecule has 1 aromatic rings. The third kappa shape index (κ3) is 6.18. The van der Waals surface area contributed by atoms with Crippen molar-refractivity contribution >= 4 is 5.91 Å². The molecule has 0 bridgehead atoms. The van der Waals surface area contributed by atoms with E-state index in [0.717, 1.165) is 38.5 Å². The number of benzene rings is 1. The van der Waals surface area contributed by atoms with E-state index in [1.54, 1.807) is 4.90 Å². The SMILES string of the molecule is Cc1cccc(C/C=C/C=C/[C@@H]2[C@H]3CC(CCCCC(=O)N(C)C)=C[C@H]3C[C@H]2O)c1. The lowest BCUT2D eigenvalue weighted by Crippen LogP contribution is -2.21. The van der Waals surface area contributed by atoms with Crippen molar-refractivity contribution in [2.24, 2.45) is 17.8 Å². The minimum absolute atomic E-state index is 0.219. The Morgan fingerprint density at radius 2 is 2.07 bits per heavy atom. The van der Waals surface area contributed by atoms with Gasteiger partial charge in [-0.2, -0.15) is 0 Å². The van der Waals surface area contributed by atoms with Gasteiger partial charge in [-0.25, -0.2) is 0 Å². The number of carbonyl (C=O) groups excluding carboxylic acids is 1. The van der Waals surface area contributed by atoms with Crippen LogP contribution in [0.2, 0.25) is 0 Å². The van der Waals surface area contributed by atoms with Crippen molar-refractivity contribution < 1.29 is 9.90 Å². The Morgan fingerprint density at radius 3 is 2.83 bits per heavy atom. The minimum Gasteiger partial charge on any atom is -0.392 e. The van der Waals surface area contributed by atoms with Gasteiger partial charge >= 0.3 is 0 Å². The van der Waals surface area contributed by atoms with E-state index in [9.17, 15) is 9.90 Å². The number of amides is 1. The number of hydrogen-bond acceptors (Lipinski definition) is 2. The van der Waals surface area contributed by atoms with Crippen LogP contribution in [0.3, 0.4) is 0 Å². The topological polar surface area (TPSA) is 40.5 Å². The fourth-order valence-corrected chi connectivity index (χ4v) is 4.96. The van der Waals surface area contributed by atoms with Crippen LogP contribution in [-0.4, -0.2) is 36.1 Å². The van der Waals surface area contributed by atoms with Crippen LogP contribution in [0.4, 0.5) is 0 Å². The number of allylic oxidation sites excluding steroid dienone is 5. The monoisotopic (exact) mass is 407 g/mol. The number of aryl methyl sites for hydroxylation is 1. The second-order valence-corrected chi connectivity index (χ2v) is 9.24. The Balaban J connectivity index is 1.44. The summed E-state index contributed by atoms with van der Waals surface area (Å²) in [5.74, 6) is 1.53. The number of rotatable bonds is 9. The van der Waals surface area contributed by atoms with Crippen molar-refractivity contribution in [1.29, 1.82) is 0 Å². The molecule has 0 heterocycles. The maximum Gasteiger partial charge on any atom is 0.222 e. The maximum absolute atomic E-state index is 11.7. The standard InChI is InChI=1S/C27H37NO2/c1-20-10-9-13-21(16-20)11-5-4-6-14-24-25-18-22(17-23(25)19-26(24)29)12-7-8-15-27(30)28(2)3/h4-6,9-10,13-14,16-17,23-26,29H,7-8,11-12,15,18-19H2,1-3H3/b5-4+,14-6+/t23-,24+,25-,26+/m0/s1. The molecular weight excluding hydrogens is 370 g/mol. The minimum atomic E-state index is -0.225. The van der Waals surface area contributed by atoms with Crippen molar-refractivity contribution in [3.63, 3.8) is 0 Å². The Morgan fingerprint density at radius 1 is 1.23 bits per heavy atom. The number of carbonyl (C=O) groups is 1. The lowest BCUT2D eigenvalue weighted by molar-refractivity contribution is -0.128. The second-order valence-electron chi connectivity index (χ2n) is 9.24. The summed E-state index contributed by atoms with van der Waals surface area (Å²) in [6.45, 7) is 2.12. The quantitative estimate of drug-likeness (QED) is 0.345. The van der Waals surface area contributed by atoms with E-state index in [1.165, 1.54) is 16.7 Å². The number of unbranched alkanes of at least 4 members (excludes halogenated alkanes) is 1. The molecule has 162 valence electrons. The molecule has 4 atom stereocenters. The van der Waals surface area contributed by atoms with Gasteiger partial charge in [-0.05, 0) is 62.8 Å². The molecule has 0 aromatic heterocycles. The van der Waals surface area contributed by atoms with Crippen LogP contribution < -0.4 is 0 Å². The van der Waals surface area contributed by atoms with Gasteiger partial charge in [0, 0.05) is 26.4 Å². The molecule has 3 nitrogen and oxygen atoms in total. The number of fused-ring (bicyclic) bond motifs is 1. The lowest BCUT2D eigenvalue weighted by atomic mass is 9.89. The van der Waals surface area contributed by atoms with Gasteiger partial charge in [0.1, 0.15) is 0 Å². The molecule has 3 heteroatoms. The van der Waals surface area contributed by atoms with Gasteiger partial charge < -0.3 is 10.0 Å². The average Bonchev–Trinajstić information content (AvgIpc) is 3.21. The zero-order valence-corrected chi connectivity index (χ0v) is 18.8. The third-order valence-electron chi connectivity index (χ3n) is 6.60. The van der Waals surface area contributed by atoms with E-state index in [2.05, 4.69) is 61.6 Å². The molecule has 1 amide bonds. The van der Waals surface area contributed by atoms with Crippen LogP contribution >= 0.6 is 0 Å². The second kappa shape index (κ2) is 10.8. The van der Waals surface area contributed by atoms with E-state index < -0.39 is 0 Å². The third-order valence-corrected chi connectivity index (χ3v) is 6.60. The highest BCUT2D eigenvalue weighted by atomic mass is 16.3. The first-order chi connectivity index (χ1) is 14.4.